The molecule has 0 spiro atoms. The number of unbranched alkanes of at least 4 members (excludes halogenated alkanes) is 12. The smallest absolute Gasteiger partial charge is 0.359 e. The van der Waals surface area contributed by atoms with Crippen molar-refractivity contribution in [2.24, 2.45) is 5.92 Å². The van der Waals surface area contributed by atoms with E-state index in [1.54, 1.807) is 6.92 Å². The molecule has 3 aliphatic heterocycles. The van der Waals surface area contributed by atoms with Gasteiger partial charge in [0.15, 0.2) is 5.70 Å². The van der Waals surface area contributed by atoms with Crippen LogP contribution in [0.2, 0.25) is 0 Å². The number of fused-ring (bicyclic) bond motifs is 1. The van der Waals surface area contributed by atoms with E-state index in [2.05, 4.69) is 6.92 Å². The van der Waals surface area contributed by atoms with Crippen molar-refractivity contribution in [3.05, 3.63) is 9.93 Å². The molecule has 1 N–H and O–H groups in total. The number of β-lactam (4-membered cyclic amide) rings is 1. The van der Waals surface area contributed by atoms with Crippen molar-refractivity contribution in [3.63, 3.8) is 0 Å². The van der Waals surface area contributed by atoms with Gasteiger partial charge in [0.05, 0.1) is 16.3 Å². The largest absolute Gasteiger partial charge is 0.428 e. The van der Waals surface area contributed by atoms with Crippen molar-refractivity contribution in [3.8, 4) is 0 Å². The van der Waals surface area contributed by atoms with Crippen LogP contribution in [0.3, 0.4) is 0 Å². The molecule has 228 valence electrons. The highest BCUT2D eigenvalue weighted by atomic mass is 32.2. The zero-order valence-electron chi connectivity index (χ0n) is 24.1. The first-order chi connectivity index (χ1) is 19.3. The minimum Gasteiger partial charge on any atom is -0.428 e. The summed E-state index contributed by atoms with van der Waals surface area (Å²) in [6, 6.07) is 0. The average molecular weight is 618 g/mol. The van der Waals surface area contributed by atoms with Crippen molar-refractivity contribution >= 4 is 52.2 Å². The first-order valence-corrected chi connectivity index (χ1v) is 18.3. The van der Waals surface area contributed by atoms with E-state index in [0.717, 1.165) is 25.7 Å². The van der Waals surface area contributed by atoms with Crippen LogP contribution < -0.4 is 0 Å². The Morgan fingerprint density at radius 1 is 1.02 bits per heavy atom. The standard InChI is InChI=1S/C29H47NO7S3/c1-3-4-5-6-7-8-9-10-11-12-13-14-15-16-23(32)36-20-37-28(34)25-29(38-22-17-18-40(35)19-22)39-27-24(21(2)31)26(33)30(25)27/h21-22,24,27,31H,3-20H2,1-2H3/t21-,22+,24+,27-,40-/m1/s1. The van der Waals surface area contributed by atoms with E-state index in [-0.39, 0.29) is 28.6 Å². The molecule has 11 heteroatoms. The fourth-order valence-corrected chi connectivity index (χ4v) is 10.5. The number of aliphatic hydroxyl groups excluding tert-OH is 1. The predicted molar refractivity (Wildman–Crippen MR) is 162 cm³/mol. The number of hydrogen-bond acceptors (Lipinski definition) is 9. The van der Waals surface area contributed by atoms with E-state index in [1.807, 2.05) is 0 Å². The van der Waals surface area contributed by atoms with Gasteiger partial charge in [-0.1, -0.05) is 95.7 Å². The lowest BCUT2D eigenvalue weighted by atomic mass is 9.92. The number of nitrogens with zero attached hydrogens (tertiary/aromatic N) is 1. The van der Waals surface area contributed by atoms with Gasteiger partial charge in [0.1, 0.15) is 5.37 Å². The fourth-order valence-electron chi connectivity index (χ4n) is 5.28. The molecule has 5 atom stereocenters. The molecule has 3 rings (SSSR count). The summed E-state index contributed by atoms with van der Waals surface area (Å²) in [4.78, 5) is 39.1. The Balaban J connectivity index is 1.30. The number of carbonyl (C=O) groups excluding carboxylic acids is 3. The van der Waals surface area contributed by atoms with Gasteiger partial charge >= 0.3 is 11.9 Å². The number of hydrogen-bond donors (Lipinski definition) is 1. The number of rotatable bonds is 20. The maximum atomic E-state index is 13.0. The molecule has 0 unspecified atom stereocenters. The first kappa shape index (κ1) is 33.5. The van der Waals surface area contributed by atoms with Gasteiger partial charge in [-0.25, -0.2) is 4.79 Å². The van der Waals surface area contributed by atoms with Crippen LogP contribution in [0.25, 0.3) is 0 Å². The highest BCUT2D eigenvalue weighted by molar-refractivity contribution is 8.23. The molecule has 0 bridgehead atoms. The summed E-state index contributed by atoms with van der Waals surface area (Å²) in [5.74, 6) is -0.839. The highest BCUT2D eigenvalue weighted by Crippen LogP contribution is 2.55. The van der Waals surface area contributed by atoms with Crippen LogP contribution in [0.15, 0.2) is 9.93 Å². The van der Waals surface area contributed by atoms with Gasteiger partial charge in [0.25, 0.3) is 0 Å². The lowest BCUT2D eigenvalue weighted by Crippen LogP contribution is -2.60. The van der Waals surface area contributed by atoms with Crippen LogP contribution in [-0.4, -0.2) is 67.1 Å². The predicted octanol–water partition coefficient (Wildman–Crippen LogP) is 5.85. The molecule has 2 saturated heterocycles. The van der Waals surface area contributed by atoms with Crippen LogP contribution in [-0.2, 0) is 34.7 Å². The van der Waals surface area contributed by atoms with Gasteiger partial charge in [-0.3, -0.25) is 18.7 Å². The maximum Gasteiger partial charge on any atom is 0.359 e. The molecule has 0 aromatic rings. The minimum atomic E-state index is -0.864. The van der Waals surface area contributed by atoms with E-state index < -0.39 is 41.6 Å². The van der Waals surface area contributed by atoms with Crippen molar-refractivity contribution in [2.75, 3.05) is 18.3 Å². The van der Waals surface area contributed by atoms with Crippen LogP contribution in [0.4, 0.5) is 0 Å². The van der Waals surface area contributed by atoms with E-state index in [1.165, 1.54) is 92.6 Å². The summed E-state index contributed by atoms with van der Waals surface area (Å²) in [5, 5.41) is 9.76. The summed E-state index contributed by atoms with van der Waals surface area (Å²) >= 11 is 2.82. The first-order valence-electron chi connectivity index (χ1n) is 15.1. The Morgan fingerprint density at radius 2 is 1.62 bits per heavy atom. The van der Waals surface area contributed by atoms with Gasteiger partial charge in [-0.2, -0.15) is 0 Å². The summed E-state index contributed by atoms with van der Waals surface area (Å²) in [6.07, 6.45) is 16.2. The Bertz CT molecular complexity index is 910. The maximum absolute atomic E-state index is 13.0. The summed E-state index contributed by atoms with van der Waals surface area (Å²) in [7, 11) is -0.864. The van der Waals surface area contributed by atoms with E-state index in [9.17, 15) is 23.7 Å². The Kier molecular flexibility index (Phi) is 14.9. The van der Waals surface area contributed by atoms with Crippen molar-refractivity contribution in [1.29, 1.82) is 0 Å². The van der Waals surface area contributed by atoms with Crippen molar-refractivity contribution in [2.45, 2.75) is 127 Å². The SMILES string of the molecule is CCCCCCCCCCCCCCCC(=O)OCOC(=O)C1=C(S[C@H]2CC[S@@](=O)C2)S[C@@H]2[C@@H]([C@@H](C)O)C(=O)N12. The van der Waals surface area contributed by atoms with Crippen LogP contribution in [0.5, 0.6) is 0 Å². The summed E-state index contributed by atoms with van der Waals surface area (Å²) in [6.45, 7) is 3.32. The molecule has 1 amide bonds. The second-order valence-corrected chi connectivity index (χ2v) is 15.3. The normalized spacial score (nSPS) is 24.7. The molecule has 0 aliphatic carbocycles. The molecule has 3 heterocycles. The monoisotopic (exact) mass is 617 g/mol. The molecule has 0 aromatic heterocycles. The number of carbonyl (C=O) groups is 3. The third-order valence-electron chi connectivity index (χ3n) is 7.67. The number of amides is 1. The molecule has 0 aromatic carbocycles. The Morgan fingerprint density at radius 3 is 2.17 bits per heavy atom. The Hall–Kier alpha value is -1.04. The molecular formula is C29H47NO7S3. The number of ether oxygens (including phenoxy) is 2. The molecule has 40 heavy (non-hydrogen) atoms. The zero-order valence-corrected chi connectivity index (χ0v) is 26.6. The minimum absolute atomic E-state index is 0.100. The molecular weight excluding hydrogens is 571 g/mol. The average Bonchev–Trinajstić information content (AvgIpc) is 3.47. The molecule has 0 radical (unpaired) electrons. The van der Waals surface area contributed by atoms with Gasteiger partial charge in [0, 0.05) is 34.0 Å². The van der Waals surface area contributed by atoms with Gasteiger partial charge < -0.3 is 14.6 Å². The lowest BCUT2D eigenvalue weighted by molar-refractivity contribution is -0.169. The van der Waals surface area contributed by atoms with Crippen LogP contribution in [0, 0.1) is 5.92 Å². The van der Waals surface area contributed by atoms with Crippen LogP contribution >= 0.6 is 23.5 Å². The molecule has 8 nitrogen and oxygen atoms in total. The molecule has 3 aliphatic rings. The van der Waals surface area contributed by atoms with Gasteiger partial charge in [0.2, 0.25) is 12.7 Å². The zero-order chi connectivity index (χ0) is 28.9. The fraction of sp³-hybridized carbons (Fsp3) is 0.828. The van der Waals surface area contributed by atoms with Gasteiger partial charge in [-0.15, -0.1) is 11.8 Å². The number of esters is 2. The van der Waals surface area contributed by atoms with E-state index >= 15 is 0 Å². The second-order valence-electron chi connectivity index (χ2n) is 11.0. The lowest BCUT2D eigenvalue weighted by Gasteiger charge is -2.43. The topological polar surface area (TPSA) is 110 Å². The highest BCUT2D eigenvalue weighted by Gasteiger charge is 2.58. The number of aliphatic hydroxyl groups is 1. The number of thioether (sulfide) groups is 2. The van der Waals surface area contributed by atoms with Crippen molar-refractivity contribution in [1.82, 2.24) is 4.90 Å². The summed E-state index contributed by atoms with van der Waals surface area (Å²) in [5.41, 5.74) is 0.145. The molecule has 0 saturated carbocycles. The third-order valence-corrected chi connectivity index (χ3v) is 12.2. The quantitative estimate of drug-likeness (QED) is 0.0779. The van der Waals surface area contributed by atoms with E-state index in [0.29, 0.717) is 15.7 Å². The van der Waals surface area contributed by atoms with E-state index in [4.69, 9.17) is 9.47 Å². The second kappa shape index (κ2) is 17.8. The van der Waals surface area contributed by atoms with Crippen LogP contribution in [0.1, 0.15) is 110 Å². The summed E-state index contributed by atoms with van der Waals surface area (Å²) < 4.78 is 22.8. The van der Waals surface area contributed by atoms with Gasteiger partial charge in [-0.05, 0) is 19.8 Å². The Labute approximate surface area is 250 Å². The molecule has 2 fully saturated rings. The van der Waals surface area contributed by atoms with Crippen molar-refractivity contribution < 1.29 is 33.2 Å². The third kappa shape index (κ3) is 10.1.